The third-order valence-electron chi connectivity index (χ3n) is 5.59. The molecule has 152 valence electrons. The number of hydrogen-bond donors (Lipinski definition) is 0. The number of hydrogen-bond acceptors (Lipinski definition) is 3. The minimum atomic E-state index is -0.0961. The van der Waals surface area contributed by atoms with Gasteiger partial charge < -0.3 is 14.1 Å². The fourth-order valence-corrected chi connectivity index (χ4v) is 4.33. The molecule has 0 saturated carbocycles. The van der Waals surface area contributed by atoms with Crippen molar-refractivity contribution >= 4 is 28.5 Å². The first-order valence-electron chi connectivity index (χ1n) is 10.1. The van der Waals surface area contributed by atoms with Gasteiger partial charge >= 0.3 is 0 Å². The van der Waals surface area contributed by atoms with E-state index in [1.54, 1.807) is 0 Å². The Morgan fingerprint density at radius 2 is 1.93 bits per heavy atom. The van der Waals surface area contributed by atoms with Crippen LogP contribution in [0, 0.1) is 20.8 Å². The number of benzene rings is 2. The van der Waals surface area contributed by atoms with Gasteiger partial charge in [-0.25, -0.2) is 0 Å². The predicted octanol–water partition coefficient (Wildman–Crippen LogP) is 5.83. The van der Waals surface area contributed by atoms with E-state index in [0.717, 1.165) is 52.7 Å². The Labute approximate surface area is 176 Å². The third kappa shape index (κ3) is 4.19. The summed E-state index contributed by atoms with van der Waals surface area (Å²) < 4.78 is 11.9. The maximum absolute atomic E-state index is 13.5. The SMILES string of the molecule is Cc1cc(C)c2c(C)c(C(=O)N(Cc3ccc(Cl)cc3)CC3CCCO3)oc2c1. The van der Waals surface area contributed by atoms with Crippen molar-refractivity contribution in [1.82, 2.24) is 4.90 Å². The minimum absolute atomic E-state index is 0.0694. The predicted molar refractivity (Wildman–Crippen MR) is 116 cm³/mol. The van der Waals surface area contributed by atoms with Gasteiger partial charge in [0.25, 0.3) is 5.91 Å². The van der Waals surface area contributed by atoms with Crippen LogP contribution >= 0.6 is 11.6 Å². The summed E-state index contributed by atoms with van der Waals surface area (Å²) in [4.78, 5) is 15.4. The van der Waals surface area contributed by atoms with Crippen LogP contribution in [0.5, 0.6) is 0 Å². The topological polar surface area (TPSA) is 42.7 Å². The number of furan rings is 1. The van der Waals surface area contributed by atoms with Crippen molar-refractivity contribution in [1.29, 1.82) is 0 Å². The number of nitrogens with zero attached hydrogens (tertiary/aromatic N) is 1. The standard InChI is InChI=1S/C24H26ClNO3/c1-15-11-16(2)22-17(3)23(29-21(22)12-15)24(27)26(14-20-5-4-10-28-20)13-18-6-8-19(25)9-7-18/h6-9,11-12,20H,4-5,10,13-14H2,1-3H3. The number of halogens is 1. The van der Waals surface area contributed by atoms with E-state index in [4.69, 9.17) is 20.8 Å². The quantitative estimate of drug-likeness (QED) is 0.530. The molecule has 1 saturated heterocycles. The number of amides is 1. The second-order valence-corrected chi connectivity index (χ2v) is 8.39. The van der Waals surface area contributed by atoms with Gasteiger partial charge in [0.1, 0.15) is 5.58 Å². The Balaban J connectivity index is 1.68. The maximum atomic E-state index is 13.5. The Morgan fingerprint density at radius 1 is 1.17 bits per heavy atom. The maximum Gasteiger partial charge on any atom is 0.290 e. The Kier molecular flexibility index (Phi) is 5.66. The fraction of sp³-hybridized carbons (Fsp3) is 0.375. The average molecular weight is 412 g/mol. The Morgan fingerprint density at radius 3 is 2.62 bits per heavy atom. The second kappa shape index (κ2) is 8.21. The molecule has 1 aromatic heterocycles. The lowest BCUT2D eigenvalue weighted by Gasteiger charge is -2.25. The first kappa shape index (κ1) is 20.0. The summed E-state index contributed by atoms with van der Waals surface area (Å²) in [6.45, 7) is 7.87. The normalized spacial score (nSPS) is 16.5. The number of carbonyl (C=O) groups excluding carboxylic acids is 1. The van der Waals surface area contributed by atoms with Gasteiger partial charge in [0, 0.05) is 35.7 Å². The van der Waals surface area contributed by atoms with Crippen LogP contribution in [-0.2, 0) is 11.3 Å². The summed E-state index contributed by atoms with van der Waals surface area (Å²) in [6, 6.07) is 11.7. The third-order valence-corrected chi connectivity index (χ3v) is 5.84. The molecule has 0 bridgehead atoms. The lowest BCUT2D eigenvalue weighted by molar-refractivity contribution is 0.0485. The number of carbonyl (C=O) groups is 1. The largest absolute Gasteiger partial charge is 0.451 e. The molecule has 1 amide bonds. The second-order valence-electron chi connectivity index (χ2n) is 7.96. The molecule has 1 aliphatic rings. The van der Waals surface area contributed by atoms with Gasteiger partial charge in [0.2, 0.25) is 0 Å². The number of aryl methyl sites for hydroxylation is 3. The van der Waals surface area contributed by atoms with E-state index < -0.39 is 0 Å². The van der Waals surface area contributed by atoms with Crippen LogP contribution in [0.3, 0.4) is 0 Å². The van der Waals surface area contributed by atoms with Gasteiger partial charge in [-0.3, -0.25) is 4.79 Å². The summed E-state index contributed by atoms with van der Waals surface area (Å²) >= 11 is 6.02. The smallest absolute Gasteiger partial charge is 0.290 e. The molecular weight excluding hydrogens is 386 g/mol. The minimum Gasteiger partial charge on any atom is -0.451 e. The van der Waals surface area contributed by atoms with Crippen molar-refractivity contribution in [3.05, 3.63) is 69.4 Å². The van der Waals surface area contributed by atoms with E-state index in [-0.39, 0.29) is 12.0 Å². The van der Waals surface area contributed by atoms with Crippen molar-refractivity contribution < 1.29 is 13.9 Å². The van der Waals surface area contributed by atoms with E-state index in [1.165, 1.54) is 0 Å². The zero-order valence-electron chi connectivity index (χ0n) is 17.1. The summed E-state index contributed by atoms with van der Waals surface area (Å²) in [5.74, 6) is 0.321. The molecule has 1 fully saturated rings. The molecule has 5 heteroatoms. The molecule has 29 heavy (non-hydrogen) atoms. The lowest BCUT2D eigenvalue weighted by atomic mass is 10.0. The highest BCUT2D eigenvalue weighted by Crippen LogP contribution is 2.31. The first-order chi connectivity index (χ1) is 13.9. The molecule has 3 aromatic rings. The summed E-state index contributed by atoms with van der Waals surface area (Å²) in [5.41, 5.74) is 4.95. The van der Waals surface area contributed by atoms with Crippen molar-refractivity contribution in [2.75, 3.05) is 13.2 Å². The first-order valence-corrected chi connectivity index (χ1v) is 10.5. The molecule has 0 radical (unpaired) electrons. The van der Waals surface area contributed by atoms with Gasteiger partial charge in [-0.2, -0.15) is 0 Å². The summed E-state index contributed by atoms with van der Waals surface area (Å²) in [5, 5.41) is 1.72. The number of rotatable bonds is 5. The van der Waals surface area contributed by atoms with E-state index in [1.807, 2.05) is 49.1 Å². The van der Waals surface area contributed by atoms with Crippen LogP contribution in [0.4, 0.5) is 0 Å². The van der Waals surface area contributed by atoms with Crippen LogP contribution in [-0.4, -0.2) is 30.1 Å². The molecule has 0 spiro atoms. The van der Waals surface area contributed by atoms with Crippen molar-refractivity contribution in [3.8, 4) is 0 Å². The lowest BCUT2D eigenvalue weighted by Crippen LogP contribution is -2.37. The number of ether oxygens (including phenoxy) is 1. The zero-order valence-corrected chi connectivity index (χ0v) is 17.9. The van der Waals surface area contributed by atoms with Crippen LogP contribution in [0.15, 0.2) is 40.8 Å². The van der Waals surface area contributed by atoms with Crippen molar-refractivity contribution in [2.45, 2.75) is 46.3 Å². The van der Waals surface area contributed by atoms with E-state index >= 15 is 0 Å². The van der Waals surface area contributed by atoms with E-state index in [2.05, 4.69) is 13.0 Å². The Hall–Kier alpha value is -2.30. The van der Waals surface area contributed by atoms with Gasteiger partial charge in [-0.05, 0) is 68.5 Å². The highest BCUT2D eigenvalue weighted by atomic mass is 35.5. The van der Waals surface area contributed by atoms with Gasteiger partial charge in [-0.15, -0.1) is 0 Å². The van der Waals surface area contributed by atoms with Crippen LogP contribution in [0.2, 0.25) is 5.02 Å². The molecule has 4 nitrogen and oxygen atoms in total. The molecule has 2 heterocycles. The summed E-state index contributed by atoms with van der Waals surface area (Å²) in [6.07, 6.45) is 2.08. The average Bonchev–Trinajstić information content (AvgIpc) is 3.30. The molecular formula is C24H26ClNO3. The van der Waals surface area contributed by atoms with Crippen LogP contribution in [0.1, 0.15) is 45.7 Å². The number of fused-ring (bicyclic) bond motifs is 1. The van der Waals surface area contributed by atoms with Crippen LogP contribution < -0.4 is 0 Å². The molecule has 4 rings (SSSR count). The van der Waals surface area contributed by atoms with Crippen molar-refractivity contribution in [3.63, 3.8) is 0 Å². The molecule has 2 aromatic carbocycles. The molecule has 0 N–H and O–H groups in total. The van der Waals surface area contributed by atoms with Gasteiger partial charge in [0.05, 0.1) is 6.10 Å². The Bertz CT molecular complexity index is 1030. The van der Waals surface area contributed by atoms with Crippen molar-refractivity contribution in [2.24, 2.45) is 0 Å². The molecule has 1 aliphatic heterocycles. The highest BCUT2D eigenvalue weighted by molar-refractivity contribution is 6.30. The highest BCUT2D eigenvalue weighted by Gasteiger charge is 2.28. The van der Waals surface area contributed by atoms with E-state index in [9.17, 15) is 4.79 Å². The fourth-order valence-electron chi connectivity index (χ4n) is 4.20. The van der Waals surface area contributed by atoms with Crippen LogP contribution in [0.25, 0.3) is 11.0 Å². The summed E-state index contributed by atoms with van der Waals surface area (Å²) in [7, 11) is 0. The molecule has 1 unspecified atom stereocenters. The van der Waals surface area contributed by atoms with Gasteiger partial charge in [-0.1, -0.05) is 29.8 Å². The zero-order chi connectivity index (χ0) is 20.5. The van der Waals surface area contributed by atoms with E-state index in [0.29, 0.717) is 23.9 Å². The monoisotopic (exact) mass is 411 g/mol. The molecule has 0 aliphatic carbocycles. The molecule has 1 atom stereocenters. The van der Waals surface area contributed by atoms with Gasteiger partial charge in [0.15, 0.2) is 5.76 Å².